The molecule has 1 saturated carbocycles. The van der Waals surface area contributed by atoms with E-state index in [9.17, 15) is 9.90 Å². The summed E-state index contributed by atoms with van der Waals surface area (Å²) in [5.41, 5.74) is 0.738. The van der Waals surface area contributed by atoms with Gasteiger partial charge in [-0.3, -0.25) is 9.69 Å². The lowest BCUT2D eigenvalue weighted by molar-refractivity contribution is -0.134. The molecule has 0 radical (unpaired) electrons. The van der Waals surface area contributed by atoms with Crippen molar-refractivity contribution in [2.24, 2.45) is 0 Å². The summed E-state index contributed by atoms with van der Waals surface area (Å²) in [5, 5.41) is 19.2. The molecule has 2 aliphatic rings. The topological polar surface area (TPSA) is 64.0 Å². The van der Waals surface area contributed by atoms with Gasteiger partial charge in [-0.25, -0.2) is 0 Å². The quantitative estimate of drug-likeness (QED) is 0.835. The number of aliphatic hydroxyl groups is 2. The van der Waals surface area contributed by atoms with Gasteiger partial charge in [0.15, 0.2) is 0 Å². The predicted molar refractivity (Wildman–Crippen MR) is 88.1 cm³/mol. The fourth-order valence-electron chi connectivity index (χ4n) is 3.55. The number of hydrogen-bond acceptors (Lipinski definition) is 4. The second-order valence-electron chi connectivity index (χ2n) is 6.73. The fourth-order valence-corrected chi connectivity index (χ4v) is 3.55. The Balaban J connectivity index is 1.68. The Labute approximate surface area is 137 Å². The Hall–Kier alpha value is -1.43. The Bertz CT molecular complexity index is 530. The van der Waals surface area contributed by atoms with Crippen molar-refractivity contribution in [1.82, 2.24) is 9.80 Å². The highest BCUT2D eigenvalue weighted by atomic mass is 16.3. The number of benzene rings is 1. The number of carbonyl (C=O) groups excluding carboxylic acids is 1. The van der Waals surface area contributed by atoms with Crippen molar-refractivity contribution < 1.29 is 15.0 Å². The Morgan fingerprint density at radius 1 is 1.17 bits per heavy atom. The number of nitrogens with zero attached hydrogens (tertiary/aromatic N) is 2. The van der Waals surface area contributed by atoms with E-state index in [0.717, 1.165) is 31.5 Å². The van der Waals surface area contributed by atoms with Gasteiger partial charge < -0.3 is 15.1 Å². The van der Waals surface area contributed by atoms with Crippen LogP contribution < -0.4 is 0 Å². The number of rotatable bonds is 5. The van der Waals surface area contributed by atoms with Crippen molar-refractivity contribution in [3.63, 3.8) is 0 Å². The molecule has 1 atom stereocenters. The van der Waals surface area contributed by atoms with Gasteiger partial charge in [-0.15, -0.1) is 0 Å². The molecule has 1 saturated heterocycles. The minimum absolute atomic E-state index is 0.159. The molecule has 1 amide bonds. The molecule has 23 heavy (non-hydrogen) atoms. The summed E-state index contributed by atoms with van der Waals surface area (Å²) in [6, 6.07) is 10.0. The number of β-amino-alcohol motifs (C(OH)–C–C–N with tert-alkyl or cyclic N) is 1. The third-order valence-corrected chi connectivity index (χ3v) is 4.99. The van der Waals surface area contributed by atoms with E-state index in [1.54, 1.807) is 0 Å². The van der Waals surface area contributed by atoms with E-state index in [-0.39, 0.29) is 17.9 Å². The molecule has 0 unspecified atom stereocenters. The zero-order chi connectivity index (χ0) is 16.3. The number of hydrogen-bond donors (Lipinski definition) is 2. The first kappa shape index (κ1) is 16.4. The van der Waals surface area contributed by atoms with Crippen molar-refractivity contribution in [1.29, 1.82) is 0 Å². The van der Waals surface area contributed by atoms with Crippen LogP contribution in [0.1, 0.15) is 24.8 Å². The van der Waals surface area contributed by atoms with Crippen molar-refractivity contribution in [3.8, 4) is 0 Å². The Morgan fingerprint density at radius 3 is 2.57 bits per heavy atom. The molecule has 3 rings (SSSR count). The zero-order valence-corrected chi connectivity index (χ0v) is 13.5. The summed E-state index contributed by atoms with van der Waals surface area (Å²) >= 11 is 0. The van der Waals surface area contributed by atoms with Gasteiger partial charge >= 0.3 is 0 Å². The second kappa shape index (κ2) is 6.99. The number of aliphatic hydroxyl groups excluding tert-OH is 2. The van der Waals surface area contributed by atoms with Crippen LogP contribution in [-0.2, 0) is 10.2 Å². The molecule has 1 aliphatic carbocycles. The van der Waals surface area contributed by atoms with Crippen LogP contribution in [-0.4, -0.2) is 71.4 Å². The lowest BCUT2D eigenvalue weighted by atomic mass is 9.94. The summed E-state index contributed by atoms with van der Waals surface area (Å²) in [4.78, 5) is 17.0. The van der Waals surface area contributed by atoms with Crippen LogP contribution in [0.3, 0.4) is 0 Å². The summed E-state index contributed by atoms with van der Waals surface area (Å²) in [7, 11) is 0. The van der Waals surface area contributed by atoms with Crippen LogP contribution in [0.25, 0.3) is 0 Å². The summed E-state index contributed by atoms with van der Waals surface area (Å²) in [6.07, 6.45) is 1.98. The predicted octanol–water partition coefficient (Wildman–Crippen LogP) is 0.606. The largest absolute Gasteiger partial charge is 0.396 e. The first-order chi connectivity index (χ1) is 11.2. The van der Waals surface area contributed by atoms with E-state index >= 15 is 0 Å². The van der Waals surface area contributed by atoms with Crippen molar-refractivity contribution in [2.45, 2.75) is 30.8 Å². The standard InChI is InChI=1S/C18H26N2O3/c21-12-4-9-19-10-11-20(14-16(22)13-19)17(23)18(7-8-18)15-5-2-1-3-6-15/h1-3,5-6,16,21-22H,4,7-14H2/t16-/m1/s1. The molecule has 1 aromatic carbocycles. The lowest BCUT2D eigenvalue weighted by Gasteiger charge is -2.27. The molecule has 1 aromatic rings. The molecule has 126 valence electrons. The van der Waals surface area contributed by atoms with E-state index in [2.05, 4.69) is 4.90 Å². The molecule has 0 bridgehead atoms. The van der Waals surface area contributed by atoms with Gasteiger partial charge in [-0.1, -0.05) is 30.3 Å². The normalized spacial score (nSPS) is 24.3. The minimum Gasteiger partial charge on any atom is -0.396 e. The Morgan fingerprint density at radius 2 is 1.91 bits per heavy atom. The third-order valence-electron chi connectivity index (χ3n) is 4.99. The highest BCUT2D eigenvalue weighted by molar-refractivity contribution is 5.91. The Kier molecular flexibility index (Phi) is 4.99. The van der Waals surface area contributed by atoms with Crippen LogP contribution in [0.4, 0.5) is 0 Å². The van der Waals surface area contributed by atoms with E-state index < -0.39 is 6.10 Å². The van der Waals surface area contributed by atoms with Gasteiger partial charge in [0, 0.05) is 39.3 Å². The molecule has 0 spiro atoms. The van der Waals surface area contributed by atoms with Crippen LogP contribution in [0.2, 0.25) is 0 Å². The van der Waals surface area contributed by atoms with Crippen LogP contribution in [0.5, 0.6) is 0 Å². The summed E-state index contributed by atoms with van der Waals surface area (Å²) < 4.78 is 0. The van der Waals surface area contributed by atoms with E-state index in [1.165, 1.54) is 0 Å². The van der Waals surface area contributed by atoms with Gasteiger partial charge in [0.05, 0.1) is 11.5 Å². The van der Waals surface area contributed by atoms with Crippen molar-refractivity contribution in [3.05, 3.63) is 35.9 Å². The highest BCUT2D eigenvalue weighted by Gasteiger charge is 2.53. The average Bonchev–Trinajstić information content (AvgIpc) is 3.38. The van der Waals surface area contributed by atoms with Gasteiger partial charge in [-0.2, -0.15) is 0 Å². The second-order valence-corrected chi connectivity index (χ2v) is 6.73. The SMILES string of the molecule is O=C(N1CCN(CCCO)C[C@@H](O)C1)C1(c2ccccc2)CC1. The minimum atomic E-state index is -0.522. The number of carbonyl (C=O) groups is 1. The third kappa shape index (κ3) is 3.57. The molecule has 5 nitrogen and oxygen atoms in total. The average molecular weight is 318 g/mol. The molecule has 2 N–H and O–H groups in total. The summed E-state index contributed by atoms with van der Waals surface area (Å²) in [6.45, 7) is 3.31. The maximum Gasteiger partial charge on any atom is 0.233 e. The summed E-state index contributed by atoms with van der Waals surface area (Å²) in [5.74, 6) is 0.159. The highest BCUT2D eigenvalue weighted by Crippen LogP contribution is 2.49. The van der Waals surface area contributed by atoms with E-state index in [4.69, 9.17) is 5.11 Å². The molecule has 2 fully saturated rings. The monoisotopic (exact) mass is 318 g/mol. The molecule has 0 aromatic heterocycles. The molecule has 1 heterocycles. The maximum atomic E-state index is 13.1. The van der Waals surface area contributed by atoms with Crippen LogP contribution >= 0.6 is 0 Å². The fraction of sp³-hybridized carbons (Fsp3) is 0.611. The van der Waals surface area contributed by atoms with Crippen LogP contribution in [0, 0.1) is 0 Å². The van der Waals surface area contributed by atoms with Gasteiger partial charge in [-0.05, 0) is 24.8 Å². The van der Waals surface area contributed by atoms with E-state index in [1.807, 2.05) is 35.2 Å². The first-order valence-electron chi connectivity index (χ1n) is 8.52. The molecular formula is C18H26N2O3. The van der Waals surface area contributed by atoms with Gasteiger partial charge in [0.25, 0.3) is 0 Å². The van der Waals surface area contributed by atoms with E-state index in [0.29, 0.717) is 26.1 Å². The number of amides is 1. The van der Waals surface area contributed by atoms with Gasteiger partial charge in [0.2, 0.25) is 5.91 Å². The van der Waals surface area contributed by atoms with Crippen molar-refractivity contribution in [2.75, 3.05) is 39.3 Å². The smallest absolute Gasteiger partial charge is 0.233 e. The molecular weight excluding hydrogens is 292 g/mol. The van der Waals surface area contributed by atoms with Gasteiger partial charge in [0.1, 0.15) is 0 Å². The first-order valence-corrected chi connectivity index (χ1v) is 8.52. The van der Waals surface area contributed by atoms with Crippen molar-refractivity contribution >= 4 is 5.91 Å². The van der Waals surface area contributed by atoms with Crippen LogP contribution in [0.15, 0.2) is 30.3 Å². The maximum absolute atomic E-state index is 13.1. The lowest BCUT2D eigenvalue weighted by Crippen LogP contribution is -2.43. The molecule has 5 heteroatoms. The molecule has 1 aliphatic heterocycles. The zero-order valence-electron chi connectivity index (χ0n) is 13.5.